The zero-order chi connectivity index (χ0) is 6.69. The van der Waals surface area contributed by atoms with Crippen LogP contribution >= 0.6 is 11.5 Å². The van der Waals surface area contributed by atoms with Crippen LogP contribution in [0.1, 0.15) is 11.9 Å². The summed E-state index contributed by atoms with van der Waals surface area (Å²) in [6.07, 6.45) is 0.766. The van der Waals surface area contributed by atoms with Gasteiger partial charge in [0, 0.05) is 24.3 Å². The van der Waals surface area contributed by atoms with E-state index in [1.54, 1.807) is 11.6 Å². The largest absolute Gasteiger partial charge is 0.364 e. The standard InChI is InChI=1S/C5H7NO2S/c1-8-5(7)4-2-6-9-3-4/h2-3,5,7H,1H3. The predicted octanol–water partition coefficient (Wildman–Crippen LogP) is 0.780. The van der Waals surface area contributed by atoms with Crippen LogP contribution in [0.5, 0.6) is 0 Å². The first-order valence-corrected chi connectivity index (χ1v) is 3.28. The van der Waals surface area contributed by atoms with Gasteiger partial charge in [0.15, 0.2) is 6.29 Å². The molecule has 0 aliphatic heterocycles. The van der Waals surface area contributed by atoms with E-state index in [2.05, 4.69) is 9.11 Å². The summed E-state index contributed by atoms with van der Waals surface area (Å²) in [6.45, 7) is 0. The van der Waals surface area contributed by atoms with Gasteiger partial charge in [-0.15, -0.1) is 0 Å². The van der Waals surface area contributed by atoms with Crippen LogP contribution in [-0.4, -0.2) is 16.6 Å². The summed E-state index contributed by atoms with van der Waals surface area (Å²) >= 11 is 1.29. The van der Waals surface area contributed by atoms with Crippen LogP contribution in [0.3, 0.4) is 0 Å². The smallest absolute Gasteiger partial charge is 0.183 e. The molecule has 1 aromatic rings. The highest BCUT2D eigenvalue weighted by Gasteiger charge is 2.04. The van der Waals surface area contributed by atoms with Crippen LogP contribution in [0.15, 0.2) is 11.6 Å². The van der Waals surface area contributed by atoms with E-state index in [1.165, 1.54) is 18.6 Å². The first kappa shape index (κ1) is 6.67. The van der Waals surface area contributed by atoms with Gasteiger partial charge in [0.1, 0.15) is 0 Å². The van der Waals surface area contributed by atoms with Crippen LogP contribution in [0.2, 0.25) is 0 Å². The normalized spacial score (nSPS) is 13.6. The van der Waals surface area contributed by atoms with Gasteiger partial charge < -0.3 is 9.84 Å². The SMILES string of the molecule is COC(O)c1cnsc1. The molecule has 0 spiro atoms. The maximum atomic E-state index is 8.96. The fourth-order valence-electron chi connectivity index (χ4n) is 0.471. The number of rotatable bonds is 2. The molecule has 1 unspecified atom stereocenters. The zero-order valence-corrected chi connectivity index (χ0v) is 5.76. The first-order valence-electron chi connectivity index (χ1n) is 2.44. The summed E-state index contributed by atoms with van der Waals surface area (Å²) in [4.78, 5) is 0. The zero-order valence-electron chi connectivity index (χ0n) is 4.94. The molecule has 3 nitrogen and oxygen atoms in total. The van der Waals surface area contributed by atoms with E-state index in [0.717, 1.165) is 0 Å². The van der Waals surface area contributed by atoms with Gasteiger partial charge in [0.05, 0.1) is 0 Å². The van der Waals surface area contributed by atoms with Gasteiger partial charge >= 0.3 is 0 Å². The second kappa shape index (κ2) is 2.91. The molecule has 1 N–H and O–H groups in total. The molecule has 1 rings (SSSR count). The Morgan fingerprint density at radius 2 is 2.67 bits per heavy atom. The molecule has 0 fully saturated rings. The number of methoxy groups -OCH3 is 1. The molecule has 0 amide bonds. The summed E-state index contributed by atoms with van der Waals surface area (Å²) < 4.78 is 8.41. The molecule has 0 bridgehead atoms. The molecule has 0 aliphatic carbocycles. The summed E-state index contributed by atoms with van der Waals surface area (Å²) in [6, 6.07) is 0. The van der Waals surface area contributed by atoms with Gasteiger partial charge in [-0.1, -0.05) is 0 Å². The Kier molecular flexibility index (Phi) is 2.16. The minimum atomic E-state index is -0.816. The third kappa shape index (κ3) is 1.48. The highest BCUT2D eigenvalue weighted by atomic mass is 32.1. The van der Waals surface area contributed by atoms with Crippen LogP contribution < -0.4 is 0 Å². The monoisotopic (exact) mass is 145 g/mol. The fraction of sp³-hybridized carbons (Fsp3) is 0.400. The Morgan fingerprint density at radius 3 is 3.11 bits per heavy atom. The molecule has 1 aromatic heterocycles. The molecule has 0 aromatic carbocycles. The number of hydrogen-bond acceptors (Lipinski definition) is 4. The van der Waals surface area contributed by atoms with Crippen LogP contribution in [-0.2, 0) is 4.74 Å². The van der Waals surface area contributed by atoms with E-state index in [-0.39, 0.29) is 0 Å². The molecule has 0 radical (unpaired) electrons. The van der Waals surface area contributed by atoms with Crippen molar-refractivity contribution in [1.29, 1.82) is 0 Å². The van der Waals surface area contributed by atoms with Crippen molar-refractivity contribution in [2.24, 2.45) is 0 Å². The second-order valence-corrected chi connectivity index (χ2v) is 2.20. The average molecular weight is 145 g/mol. The average Bonchev–Trinajstić information content (AvgIpc) is 2.37. The molecular weight excluding hydrogens is 138 g/mol. The Morgan fingerprint density at radius 1 is 1.89 bits per heavy atom. The van der Waals surface area contributed by atoms with Gasteiger partial charge in [-0.2, -0.15) is 0 Å². The minimum Gasteiger partial charge on any atom is -0.364 e. The third-order valence-electron chi connectivity index (χ3n) is 0.960. The van der Waals surface area contributed by atoms with E-state index in [9.17, 15) is 0 Å². The number of hydrogen-bond donors (Lipinski definition) is 1. The summed E-state index contributed by atoms with van der Waals surface area (Å²) in [7, 11) is 1.45. The van der Waals surface area contributed by atoms with Crippen molar-refractivity contribution in [3.63, 3.8) is 0 Å². The lowest BCUT2D eigenvalue weighted by atomic mass is 10.4. The third-order valence-corrected chi connectivity index (χ3v) is 1.56. The Labute approximate surface area is 57.1 Å². The summed E-state index contributed by atoms with van der Waals surface area (Å²) in [5, 5.41) is 10.7. The Balaban J connectivity index is 2.65. The lowest BCUT2D eigenvalue weighted by Crippen LogP contribution is -1.96. The maximum absolute atomic E-state index is 8.96. The molecule has 9 heavy (non-hydrogen) atoms. The molecule has 0 saturated heterocycles. The molecule has 1 atom stereocenters. The molecule has 1 heterocycles. The number of aromatic nitrogens is 1. The van der Waals surface area contributed by atoms with Crippen molar-refractivity contribution in [2.75, 3.05) is 7.11 Å². The highest BCUT2D eigenvalue weighted by Crippen LogP contribution is 2.12. The van der Waals surface area contributed by atoms with Crippen LogP contribution in [0, 0.1) is 0 Å². The maximum Gasteiger partial charge on any atom is 0.183 e. The number of nitrogens with zero attached hydrogens (tertiary/aromatic N) is 1. The van der Waals surface area contributed by atoms with E-state index in [4.69, 9.17) is 5.11 Å². The minimum absolute atomic E-state index is 0.711. The van der Waals surface area contributed by atoms with Crippen molar-refractivity contribution in [3.05, 3.63) is 17.1 Å². The van der Waals surface area contributed by atoms with Gasteiger partial charge in [0.25, 0.3) is 0 Å². The van der Waals surface area contributed by atoms with Crippen molar-refractivity contribution in [2.45, 2.75) is 6.29 Å². The fourth-order valence-corrected chi connectivity index (χ4v) is 1.01. The predicted molar refractivity (Wildman–Crippen MR) is 34.1 cm³/mol. The van der Waals surface area contributed by atoms with Crippen molar-refractivity contribution in [1.82, 2.24) is 4.37 Å². The quantitative estimate of drug-likeness (QED) is 0.625. The molecule has 0 aliphatic rings. The number of aliphatic hydroxyl groups is 1. The van der Waals surface area contributed by atoms with E-state index in [1.807, 2.05) is 0 Å². The van der Waals surface area contributed by atoms with Crippen molar-refractivity contribution < 1.29 is 9.84 Å². The van der Waals surface area contributed by atoms with Gasteiger partial charge in [-0.3, -0.25) is 0 Å². The van der Waals surface area contributed by atoms with Gasteiger partial charge in [0.2, 0.25) is 0 Å². The van der Waals surface area contributed by atoms with E-state index in [0.29, 0.717) is 5.56 Å². The molecular formula is C5H7NO2S. The van der Waals surface area contributed by atoms with Crippen molar-refractivity contribution >= 4 is 11.5 Å². The summed E-state index contributed by atoms with van der Waals surface area (Å²) in [5.41, 5.74) is 0.711. The molecule has 0 saturated carbocycles. The first-order chi connectivity index (χ1) is 4.34. The van der Waals surface area contributed by atoms with Gasteiger partial charge in [-0.05, 0) is 11.5 Å². The lowest BCUT2D eigenvalue weighted by Gasteiger charge is -2.02. The van der Waals surface area contributed by atoms with Crippen LogP contribution in [0.25, 0.3) is 0 Å². The lowest BCUT2D eigenvalue weighted by molar-refractivity contribution is -0.0767. The van der Waals surface area contributed by atoms with E-state index >= 15 is 0 Å². The summed E-state index contributed by atoms with van der Waals surface area (Å²) in [5.74, 6) is 0. The Bertz CT molecular complexity index is 163. The number of aliphatic hydroxyl groups excluding tert-OH is 1. The molecule has 50 valence electrons. The topological polar surface area (TPSA) is 42.4 Å². The van der Waals surface area contributed by atoms with Gasteiger partial charge in [-0.25, -0.2) is 4.37 Å². The van der Waals surface area contributed by atoms with Crippen LogP contribution in [0.4, 0.5) is 0 Å². The van der Waals surface area contributed by atoms with Crippen molar-refractivity contribution in [3.8, 4) is 0 Å². The number of ether oxygens (including phenoxy) is 1. The van der Waals surface area contributed by atoms with E-state index < -0.39 is 6.29 Å². The highest BCUT2D eigenvalue weighted by molar-refractivity contribution is 7.03. The second-order valence-electron chi connectivity index (χ2n) is 1.55. The Hall–Kier alpha value is -0.450. The molecule has 4 heteroatoms.